The van der Waals surface area contributed by atoms with Gasteiger partial charge in [-0.1, -0.05) is 0 Å². The van der Waals surface area contributed by atoms with Crippen LogP contribution in [0.3, 0.4) is 0 Å². The number of nitrogens with two attached hydrogens (primary N) is 2. The smallest absolute Gasteiger partial charge is 0.240 e. The number of hydrogen-bond acceptors (Lipinski definition) is 4. The van der Waals surface area contributed by atoms with Crippen LogP contribution in [-0.4, -0.2) is 49.6 Å². The first-order valence-electron chi connectivity index (χ1n) is 4.21. The molecular formula is C7H19Cl3N4O. The Kier molecular flexibility index (Phi) is 14.7. The summed E-state index contributed by atoms with van der Waals surface area (Å²) < 4.78 is 0. The second kappa shape index (κ2) is 10.7. The van der Waals surface area contributed by atoms with Crippen molar-refractivity contribution in [1.82, 2.24) is 10.2 Å². The Hall–Kier alpha value is 0.220. The largest absolute Gasteiger partial charge is 0.339 e. The van der Waals surface area contributed by atoms with Crippen LogP contribution in [0, 0.1) is 0 Å². The van der Waals surface area contributed by atoms with Crippen molar-refractivity contribution in [3.05, 3.63) is 0 Å². The predicted molar refractivity (Wildman–Crippen MR) is 68.2 cm³/mol. The summed E-state index contributed by atoms with van der Waals surface area (Å²) in [5, 5.41) is 3.16. The number of hydrogen-bond donors (Lipinski definition) is 3. The maximum Gasteiger partial charge on any atom is 0.240 e. The number of piperazine rings is 1. The maximum absolute atomic E-state index is 11.4. The lowest BCUT2D eigenvalue weighted by Crippen LogP contribution is -2.53. The van der Waals surface area contributed by atoms with Crippen LogP contribution in [0.4, 0.5) is 0 Å². The van der Waals surface area contributed by atoms with Gasteiger partial charge in [-0.05, 0) is 0 Å². The van der Waals surface area contributed by atoms with E-state index in [0.29, 0.717) is 0 Å². The molecule has 0 saturated carbocycles. The molecule has 15 heavy (non-hydrogen) atoms. The monoisotopic (exact) mass is 280 g/mol. The fourth-order valence-corrected chi connectivity index (χ4v) is 1.22. The lowest BCUT2D eigenvalue weighted by Gasteiger charge is -2.29. The van der Waals surface area contributed by atoms with Crippen LogP contribution in [0.5, 0.6) is 0 Å². The summed E-state index contributed by atoms with van der Waals surface area (Å²) in [5.41, 5.74) is 10.8. The molecule has 0 spiro atoms. The molecule has 1 heterocycles. The van der Waals surface area contributed by atoms with Gasteiger partial charge in [-0.15, -0.1) is 37.2 Å². The highest BCUT2D eigenvalue weighted by Crippen LogP contribution is 1.94. The molecule has 1 aliphatic rings. The highest BCUT2D eigenvalue weighted by molar-refractivity contribution is 5.86. The lowest BCUT2D eigenvalue weighted by atomic mass is 10.2. The second-order valence-corrected chi connectivity index (χ2v) is 2.92. The van der Waals surface area contributed by atoms with Crippen molar-refractivity contribution in [2.75, 3.05) is 32.7 Å². The molecule has 5 N–H and O–H groups in total. The van der Waals surface area contributed by atoms with Crippen molar-refractivity contribution < 1.29 is 4.79 Å². The van der Waals surface area contributed by atoms with Gasteiger partial charge in [0.1, 0.15) is 0 Å². The molecule has 1 rings (SSSR count). The minimum Gasteiger partial charge on any atom is -0.339 e. The van der Waals surface area contributed by atoms with Gasteiger partial charge < -0.3 is 21.7 Å². The van der Waals surface area contributed by atoms with Crippen LogP contribution in [0.15, 0.2) is 0 Å². The summed E-state index contributed by atoms with van der Waals surface area (Å²) in [6.45, 7) is 3.41. The molecule has 0 aromatic rings. The Labute approximate surface area is 109 Å². The zero-order valence-corrected chi connectivity index (χ0v) is 10.8. The normalized spacial score (nSPS) is 16.5. The molecule has 5 nitrogen and oxygen atoms in total. The number of nitrogens with zero attached hydrogens (tertiary/aromatic N) is 1. The van der Waals surface area contributed by atoms with E-state index in [9.17, 15) is 4.79 Å². The summed E-state index contributed by atoms with van der Waals surface area (Å²) in [6.07, 6.45) is 0. The number of halogens is 3. The Balaban J connectivity index is -0.000000480. The van der Waals surface area contributed by atoms with E-state index in [2.05, 4.69) is 5.32 Å². The molecule has 0 radical (unpaired) electrons. The van der Waals surface area contributed by atoms with E-state index in [4.69, 9.17) is 11.5 Å². The quantitative estimate of drug-likeness (QED) is 0.604. The minimum absolute atomic E-state index is 0. The first kappa shape index (κ1) is 20.6. The summed E-state index contributed by atoms with van der Waals surface area (Å²) in [7, 11) is 0. The standard InChI is InChI=1S/C7H16N4O.3ClH/c8-5-6(9)7(12)11-3-1-10-2-4-11;;;/h6,10H,1-5,8-9H2;3*1H/t6-;;;/m1.../s1. The van der Waals surface area contributed by atoms with E-state index in [1.165, 1.54) is 0 Å². The molecule has 0 aromatic carbocycles. The van der Waals surface area contributed by atoms with E-state index < -0.39 is 6.04 Å². The van der Waals surface area contributed by atoms with Crippen LogP contribution >= 0.6 is 37.2 Å². The van der Waals surface area contributed by atoms with Gasteiger partial charge in [0, 0.05) is 32.7 Å². The number of carbonyl (C=O) groups is 1. The average molecular weight is 282 g/mol. The van der Waals surface area contributed by atoms with Crippen LogP contribution in [-0.2, 0) is 4.79 Å². The van der Waals surface area contributed by atoms with Crippen LogP contribution in [0.25, 0.3) is 0 Å². The lowest BCUT2D eigenvalue weighted by molar-refractivity contribution is -0.132. The molecule has 1 atom stereocenters. The van der Waals surface area contributed by atoms with Crippen LogP contribution in [0.2, 0.25) is 0 Å². The Morgan fingerprint density at radius 3 is 2.13 bits per heavy atom. The molecular weight excluding hydrogens is 262 g/mol. The average Bonchev–Trinajstić information content (AvgIpc) is 2.17. The Morgan fingerprint density at radius 1 is 1.27 bits per heavy atom. The third-order valence-corrected chi connectivity index (χ3v) is 2.00. The van der Waals surface area contributed by atoms with Crippen LogP contribution in [0.1, 0.15) is 0 Å². The summed E-state index contributed by atoms with van der Waals surface area (Å²) in [5.74, 6) is -0.0287. The van der Waals surface area contributed by atoms with Crippen molar-refractivity contribution in [3.8, 4) is 0 Å². The first-order chi connectivity index (χ1) is 5.75. The topological polar surface area (TPSA) is 84.4 Å². The summed E-state index contributed by atoms with van der Waals surface area (Å²) >= 11 is 0. The summed E-state index contributed by atoms with van der Waals surface area (Å²) in [4.78, 5) is 13.2. The third kappa shape index (κ3) is 6.40. The number of nitrogens with one attached hydrogen (secondary N) is 1. The van der Waals surface area contributed by atoms with E-state index in [-0.39, 0.29) is 49.7 Å². The van der Waals surface area contributed by atoms with Gasteiger partial charge in [0.2, 0.25) is 5.91 Å². The van der Waals surface area contributed by atoms with Gasteiger partial charge in [-0.3, -0.25) is 4.79 Å². The Bertz CT molecular complexity index is 166. The highest BCUT2D eigenvalue weighted by Gasteiger charge is 2.20. The molecule has 0 unspecified atom stereocenters. The zero-order chi connectivity index (χ0) is 8.97. The molecule has 94 valence electrons. The molecule has 8 heteroatoms. The first-order valence-corrected chi connectivity index (χ1v) is 4.21. The van der Waals surface area contributed by atoms with Crippen molar-refractivity contribution in [3.63, 3.8) is 0 Å². The van der Waals surface area contributed by atoms with Crippen molar-refractivity contribution in [2.24, 2.45) is 11.5 Å². The molecule has 0 bridgehead atoms. The van der Waals surface area contributed by atoms with Crippen molar-refractivity contribution >= 4 is 43.1 Å². The van der Waals surface area contributed by atoms with Gasteiger partial charge in [0.25, 0.3) is 0 Å². The molecule has 0 aromatic heterocycles. The van der Waals surface area contributed by atoms with Crippen molar-refractivity contribution in [2.45, 2.75) is 6.04 Å². The van der Waals surface area contributed by atoms with E-state index in [0.717, 1.165) is 26.2 Å². The maximum atomic E-state index is 11.4. The van der Waals surface area contributed by atoms with Gasteiger partial charge in [0.15, 0.2) is 0 Å². The molecule has 1 saturated heterocycles. The van der Waals surface area contributed by atoms with Gasteiger partial charge in [-0.2, -0.15) is 0 Å². The van der Waals surface area contributed by atoms with Gasteiger partial charge >= 0.3 is 0 Å². The van der Waals surface area contributed by atoms with E-state index >= 15 is 0 Å². The zero-order valence-electron chi connectivity index (χ0n) is 8.35. The number of carbonyl (C=O) groups excluding carboxylic acids is 1. The van der Waals surface area contributed by atoms with E-state index in [1.54, 1.807) is 4.90 Å². The second-order valence-electron chi connectivity index (χ2n) is 2.92. The SMILES string of the molecule is Cl.Cl.Cl.NC[C@@H](N)C(=O)N1CCNCC1. The van der Waals surface area contributed by atoms with E-state index in [1.807, 2.05) is 0 Å². The number of amides is 1. The molecule has 1 aliphatic heterocycles. The van der Waals surface area contributed by atoms with Gasteiger partial charge in [-0.25, -0.2) is 0 Å². The minimum atomic E-state index is -0.525. The highest BCUT2D eigenvalue weighted by atomic mass is 35.5. The third-order valence-electron chi connectivity index (χ3n) is 2.00. The Morgan fingerprint density at radius 2 is 1.73 bits per heavy atom. The molecule has 0 aliphatic carbocycles. The predicted octanol–water partition coefficient (Wildman–Crippen LogP) is -1.03. The number of rotatable bonds is 2. The van der Waals surface area contributed by atoms with Crippen LogP contribution < -0.4 is 16.8 Å². The molecule has 1 amide bonds. The fraction of sp³-hybridized carbons (Fsp3) is 0.857. The van der Waals surface area contributed by atoms with Gasteiger partial charge in [0.05, 0.1) is 6.04 Å². The summed E-state index contributed by atoms with van der Waals surface area (Å²) in [6, 6.07) is -0.525. The van der Waals surface area contributed by atoms with Crippen molar-refractivity contribution in [1.29, 1.82) is 0 Å². The fourth-order valence-electron chi connectivity index (χ4n) is 1.22. The molecule has 1 fully saturated rings.